The third-order valence-electron chi connectivity index (χ3n) is 2.85. The SMILES string of the molecule is CC1(C)Oc2ccc(F)c(C(=O)O)c2O[B-]1(O)O. The highest BCUT2D eigenvalue weighted by atomic mass is 19.1. The molecule has 1 aliphatic rings. The van der Waals surface area contributed by atoms with E-state index in [2.05, 4.69) is 0 Å². The van der Waals surface area contributed by atoms with Gasteiger partial charge in [-0.25, -0.2) is 9.18 Å². The topological polar surface area (TPSA) is 96.2 Å². The highest BCUT2D eigenvalue weighted by molar-refractivity contribution is 6.62. The summed E-state index contributed by atoms with van der Waals surface area (Å²) in [5.74, 6) is -3.21. The zero-order chi connectivity index (χ0) is 13.7. The van der Waals surface area contributed by atoms with Gasteiger partial charge in [0.25, 0.3) is 0 Å². The van der Waals surface area contributed by atoms with Gasteiger partial charge in [0.05, 0.1) is 5.50 Å². The van der Waals surface area contributed by atoms with E-state index in [0.717, 1.165) is 6.07 Å². The fourth-order valence-corrected chi connectivity index (χ4v) is 1.60. The van der Waals surface area contributed by atoms with E-state index in [1.807, 2.05) is 0 Å². The van der Waals surface area contributed by atoms with Crippen molar-refractivity contribution in [1.82, 2.24) is 0 Å². The molecule has 1 aromatic carbocycles. The van der Waals surface area contributed by atoms with Crippen molar-refractivity contribution in [3.05, 3.63) is 23.5 Å². The lowest BCUT2D eigenvalue weighted by Crippen LogP contribution is -2.65. The lowest BCUT2D eigenvalue weighted by molar-refractivity contribution is 0.0541. The average molecular weight is 257 g/mol. The van der Waals surface area contributed by atoms with Gasteiger partial charge in [-0.3, -0.25) is 0 Å². The van der Waals surface area contributed by atoms with Crippen LogP contribution in [0, 0.1) is 5.82 Å². The number of carbonyl (C=O) groups is 1. The van der Waals surface area contributed by atoms with E-state index in [1.54, 1.807) is 0 Å². The van der Waals surface area contributed by atoms with Crippen molar-refractivity contribution in [2.75, 3.05) is 0 Å². The lowest BCUT2D eigenvalue weighted by atomic mass is 9.60. The number of rotatable bonds is 1. The van der Waals surface area contributed by atoms with Crippen LogP contribution in [-0.4, -0.2) is 33.4 Å². The Hall–Kier alpha value is -1.80. The number of hydrogen-bond donors (Lipinski definition) is 3. The van der Waals surface area contributed by atoms with Gasteiger partial charge >= 0.3 is 12.7 Å². The highest BCUT2D eigenvalue weighted by Crippen LogP contribution is 2.42. The number of carboxylic acid groups (broad SMARTS) is 1. The molecule has 0 aromatic heterocycles. The highest BCUT2D eigenvalue weighted by Gasteiger charge is 2.49. The van der Waals surface area contributed by atoms with E-state index in [0.29, 0.717) is 0 Å². The molecular weight excluding hydrogens is 246 g/mol. The van der Waals surface area contributed by atoms with Gasteiger partial charge in [0.1, 0.15) is 17.1 Å². The molecule has 6 nitrogen and oxygen atoms in total. The van der Waals surface area contributed by atoms with Crippen LogP contribution >= 0.6 is 0 Å². The molecule has 0 saturated heterocycles. The van der Waals surface area contributed by atoms with Crippen LogP contribution in [0.25, 0.3) is 0 Å². The van der Waals surface area contributed by atoms with Gasteiger partial charge in [-0.1, -0.05) is 0 Å². The fraction of sp³-hybridized carbons (Fsp3) is 0.300. The number of hydrogen-bond acceptors (Lipinski definition) is 5. The Morgan fingerprint density at radius 1 is 1.39 bits per heavy atom. The van der Waals surface area contributed by atoms with Crippen LogP contribution in [0.2, 0.25) is 0 Å². The summed E-state index contributed by atoms with van der Waals surface area (Å²) in [6.45, 7) is -0.744. The Morgan fingerprint density at radius 2 is 2.00 bits per heavy atom. The Balaban J connectivity index is 2.64. The average Bonchev–Trinajstić information content (AvgIpc) is 2.19. The third kappa shape index (κ3) is 1.70. The minimum atomic E-state index is -3.47. The standard InChI is InChI=1S/C10H11BFO6/c1-10(2)11(15,16)18-8-6(17-10)4-3-5(12)7(8)9(13)14/h3-4,15-16H,1-2H3,(H,13,14)/q-1. The first-order chi connectivity index (χ1) is 8.16. The lowest BCUT2D eigenvalue weighted by Gasteiger charge is -2.48. The molecule has 0 spiro atoms. The predicted octanol–water partition coefficient (Wildman–Crippen LogP) is 0.536. The summed E-state index contributed by atoms with van der Waals surface area (Å²) in [6, 6.07) is 2.08. The number of benzene rings is 1. The van der Waals surface area contributed by atoms with E-state index in [-0.39, 0.29) is 5.75 Å². The second kappa shape index (κ2) is 3.60. The van der Waals surface area contributed by atoms with Crippen molar-refractivity contribution in [2.24, 2.45) is 0 Å². The molecule has 0 fully saturated rings. The maximum atomic E-state index is 13.4. The molecule has 3 N–H and O–H groups in total. The number of ether oxygens (including phenoxy) is 1. The number of aromatic carboxylic acids is 1. The maximum Gasteiger partial charge on any atom is 0.473 e. The molecular formula is C10H11BFO6-. The smallest absolute Gasteiger partial charge is 0.473 e. The summed E-state index contributed by atoms with van der Waals surface area (Å²) in [5.41, 5.74) is -2.27. The zero-order valence-corrected chi connectivity index (χ0v) is 9.68. The minimum Gasteiger partial charge on any atom is -0.665 e. The quantitative estimate of drug-likeness (QED) is 0.635. The first kappa shape index (κ1) is 12.7. The first-order valence-electron chi connectivity index (χ1n) is 5.18. The van der Waals surface area contributed by atoms with Crippen molar-refractivity contribution in [3.63, 3.8) is 0 Å². The fourth-order valence-electron chi connectivity index (χ4n) is 1.60. The molecule has 0 bridgehead atoms. The van der Waals surface area contributed by atoms with Gasteiger partial charge in [0.2, 0.25) is 0 Å². The van der Waals surface area contributed by atoms with Crippen LogP contribution in [0.1, 0.15) is 24.2 Å². The van der Waals surface area contributed by atoms with Gasteiger partial charge in [0, 0.05) is 0 Å². The van der Waals surface area contributed by atoms with Gasteiger partial charge in [-0.15, -0.1) is 0 Å². The van der Waals surface area contributed by atoms with E-state index in [1.165, 1.54) is 19.9 Å². The molecule has 0 aliphatic carbocycles. The number of carboxylic acids is 1. The summed E-state index contributed by atoms with van der Waals surface area (Å²) in [7, 11) is 0. The van der Waals surface area contributed by atoms with E-state index in [4.69, 9.17) is 14.5 Å². The van der Waals surface area contributed by atoms with Crippen molar-refractivity contribution < 1.29 is 33.7 Å². The predicted molar refractivity (Wildman–Crippen MR) is 58.9 cm³/mol. The second-order valence-corrected chi connectivity index (χ2v) is 4.58. The van der Waals surface area contributed by atoms with Crippen molar-refractivity contribution >= 4 is 12.7 Å². The first-order valence-corrected chi connectivity index (χ1v) is 5.18. The molecule has 1 aromatic rings. The van der Waals surface area contributed by atoms with Gasteiger partial charge in [0.15, 0.2) is 5.75 Å². The normalized spacial score (nSPS) is 19.4. The van der Waals surface area contributed by atoms with Crippen LogP contribution < -0.4 is 9.39 Å². The molecule has 1 heterocycles. The Labute approximate surface area is 102 Å². The Bertz CT molecular complexity index is 527. The van der Waals surface area contributed by atoms with Crippen molar-refractivity contribution in [2.45, 2.75) is 19.3 Å². The molecule has 2 rings (SSSR count). The second-order valence-electron chi connectivity index (χ2n) is 4.58. The zero-order valence-electron chi connectivity index (χ0n) is 9.68. The molecule has 8 heteroatoms. The molecule has 0 saturated carbocycles. The maximum absolute atomic E-state index is 13.4. The van der Waals surface area contributed by atoms with Crippen LogP contribution in [0.5, 0.6) is 11.5 Å². The van der Waals surface area contributed by atoms with E-state index >= 15 is 0 Å². The summed E-state index contributed by atoms with van der Waals surface area (Å²) in [4.78, 5) is 10.9. The van der Waals surface area contributed by atoms with Gasteiger partial charge in [-0.2, -0.15) is 0 Å². The summed E-state index contributed by atoms with van der Waals surface area (Å²) in [5, 5.41) is 28.3. The molecule has 0 amide bonds. The third-order valence-corrected chi connectivity index (χ3v) is 2.85. The van der Waals surface area contributed by atoms with Crippen molar-refractivity contribution in [1.29, 1.82) is 0 Å². The summed E-state index contributed by atoms with van der Waals surface area (Å²) < 4.78 is 23.5. The monoisotopic (exact) mass is 257 g/mol. The van der Waals surface area contributed by atoms with Crippen molar-refractivity contribution in [3.8, 4) is 11.5 Å². The molecule has 18 heavy (non-hydrogen) atoms. The van der Waals surface area contributed by atoms with Gasteiger partial charge in [-0.05, 0) is 26.0 Å². The van der Waals surface area contributed by atoms with Crippen LogP contribution in [0.4, 0.5) is 4.39 Å². The molecule has 1 aliphatic heterocycles. The Morgan fingerprint density at radius 3 is 2.56 bits per heavy atom. The van der Waals surface area contributed by atoms with E-state index < -0.39 is 35.4 Å². The van der Waals surface area contributed by atoms with E-state index in [9.17, 15) is 19.2 Å². The Kier molecular flexibility index (Phi) is 2.53. The van der Waals surface area contributed by atoms with Crippen LogP contribution in [0.15, 0.2) is 12.1 Å². The van der Waals surface area contributed by atoms with Gasteiger partial charge < -0.3 is 24.5 Å². The molecule has 0 radical (unpaired) electrons. The number of fused-ring (bicyclic) bond motifs is 1. The molecule has 0 atom stereocenters. The minimum absolute atomic E-state index is 0.0561. The van der Waals surface area contributed by atoms with Crippen LogP contribution in [-0.2, 0) is 0 Å². The molecule has 98 valence electrons. The largest absolute Gasteiger partial charge is 0.665 e. The molecule has 0 unspecified atom stereocenters. The summed E-state index contributed by atoms with van der Waals surface area (Å²) >= 11 is 0. The summed E-state index contributed by atoms with van der Waals surface area (Å²) in [6.07, 6.45) is 0. The van der Waals surface area contributed by atoms with Crippen LogP contribution in [0.3, 0.4) is 0 Å². The number of halogens is 1.